The Labute approximate surface area is 99.6 Å². The van der Waals surface area contributed by atoms with E-state index in [0.29, 0.717) is 5.56 Å². The zero-order chi connectivity index (χ0) is 12.3. The molecule has 0 aliphatic heterocycles. The van der Waals surface area contributed by atoms with Crippen molar-refractivity contribution in [1.29, 1.82) is 0 Å². The minimum atomic E-state index is -0.925. The normalized spacial score (nSPS) is 18.9. The summed E-state index contributed by atoms with van der Waals surface area (Å²) in [5.41, 5.74) is 0.943. The first-order valence-electron chi connectivity index (χ1n) is 5.71. The number of aliphatic hydroxyl groups excluding tert-OH is 2. The number of hydrogen-bond donors (Lipinski definition) is 2. The van der Waals surface area contributed by atoms with Gasteiger partial charge < -0.3 is 10.2 Å². The van der Waals surface area contributed by atoms with E-state index in [1.165, 1.54) is 0 Å². The summed E-state index contributed by atoms with van der Waals surface area (Å²) in [4.78, 5) is 14.4. The number of hydrogen-bond acceptors (Lipinski definition) is 4. The summed E-state index contributed by atoms with van der Waals surface area (Å²) in [6.07, 6.45) is 3.29. The molecule has 1 fully saturated rings. The zero-order valence-electron chi connectivity index (χ0n) is 9.47. The highest BCUT2D eigenvalue weighted by Gasteiger charge is 2.40. The maximum Gasteiger partial charge on any atom is 0.235 e. The third-order valence-electron chi connectivity index (χ3n) is 3.43. The highest BCUT2D eigenvalue weighted by molar-refractivity contribution is 5.43. The molecular weight excluding hydrogens is 218 g/mol. The predicted molar refractivity (Wildman–Crippen MR) is 62.1 cm³/mol. The minimum Gasteiger partial charge on any atom is -0.393 e. The van der Waals surface area contributed by atoms with Crippen LogP contribution in [0.1, 0.15) is 36.5 Å². The quantitative estimate of drug-likeness (QED) is 0.610. The molecule has 1 aliphatic rings. The van der Waals surface area contributed by atoms with Gasteiger partial charge in [0.1, 0.15) is 6.10 Å². The van der Waals surface area contributed by atoms with E-state index in [0.717, 1.165) is 24.8 Å². The van der Waals surface area contributed by atoms with E-state index in [-0.39, 0.29) is 6.61 Å². The molecular formula is C13H15NO3. The van der Waals surface area contributed by atoms with Crippen molar-refractivity contribution in [2.75, 3.05) is 6.61 Å². The monoisotopic (exact) mass is 233 g/mol. The van der Waals surface area contributed by atoms with Crippen LogP contribution in [0.2, 0.25) is 0 Å². The summed E-state index contributed by atoms with van der Waals surface area (Å²) in [5.74, 6) is 0. The van der Waals surface area contributed by atoms with Crippen LogP contribution in [0.5, 0.6) is 0 Å². The van der Waals surface area contributed by atoms with Crippen LogP contribution in [0, 0.1) is 0 Å². The van der Waals surface area contributed by atoms with Crippen LogP contribution in [0.15, 0.2) is 29.3 Å². The molecule has 2 rings (SSSR count). The summed E-state index contributed by atoms with van der Waals surface area (Å²) < 4.78 is 0. The van der Waals surface area contributed by atoms with Gasteiger partial charge in [-0.05, 0) is 30.4 Å². The number of aliphatic hydroxyl groups is 2. The van der Waals surface area contributed by atoms with Crippen molar-refractivity contribution in [3.05, 3.63) is 35.4 Å². The Bertz CT molecular complexity index is 448. The summed E-state index contributed by atoms with van der Waals surface area (Å²) in [7, 11) is 0. The van der Waals surface area contributed by atoms with E-state index in [4.69, 9.17) is 5.11 Å². The molecule has 0 radical (unpaired) electrons. The van der Waals surface area contributed by atoms with Crippen molar-refractivity contribution in [3.63, 3.8) is 0 Å². The molecule has 0 heterocycles. The molecule has 0 aromatic heterocycles. The highest BCUT2D eigenvalue weighted by Crippen LogP contribution is 2.46. The fourth-order valence-electron chi connectivity index (χ4n) is 2.35. The predicted octanol–water partition coefficient (Wildman–Crippen LogP) is 1.43. The van der Waals surface area contributed by atoms with Gasteiger partial charge in [-0.1, -0.05) is 24.3 Å². The second-order valence-electron chi connectivity index (χ2n) is 4.37. The molecule has 0 amide bonds. The van der Waals surface area contributed by atoms with E-state index < -0.39 is 11.6 Å². The zero-order valence-corrected chi connectivity index (χ0v) is 9.47. The van der Waals surface area contributed by atoms with E-state index in [1.807, 2.05) is 12.1 Å². The summed E-state index contributed by atoms with van der Waals surface area (Å²) in [6, 6.07) is 7.27. The fraction of sp³-hybridized carbons (Fsp3) is 0.462. The van der Waals surface area contributed by atoms with Gasteiger partial charge >= 0.3 is 0 Å². The molecule has 1 aromatic rings. The Morgan fingerprint density at radius 1 is 1.41 bits per heavy atom. The lowest BCUT2D eigenvalue weighted by atomic mass is 9.70. The average molecular weight is 233 g/mol. The second kappa shape index (κ2) is 4.80. The first kappa shape index (κ1) is 12.0. The van der Waals surface area contributed by atoms with Crippen LogP contribution < -0.4 is 0 Å². The SMILES string of the molecule is O=C=NC1(c2ccccc2C(O)CO)CCC1. The van der Waals surface area contributed by atoms with Crippen LogP contribution in [0.4, 0.5) is 0 Å². The third kappa shape index (κ3) is 2.03. The Morgan fingerprint density at radius 2 is 2.12 bits per heavy atom. The molecule has 0 bridgehead atoms. The van der Waals surface area contributed by atoms with Gasteiger partial charge in [-0.25, -0.2) is 4.79 Å². The molecule has 17 heavy (non-hydrogen) atoms. The van der Waals surface area contributed by atoms with E-state index in [9.17, 15) is 9.90 Å². The van der Waals surface area contributed by atoms with Crippen LogP contribution >= 0.6 is 0 Å². The van der Waals surface area contributed by atoms with Gasteiger partial charge in [0.15, 0.2) is 0 Å². The molecule has 4 nitrogen and oxygen atoms in total. The van der Waals surface area contributed by atoms with E-state index in [2.05, 4.69) is 4.99 Å². The van der Waals surface area contributed by atoms with E-state index in [1.54, 1.807) is 18.2 Å². The van der Waals surface area contributed by atoms with Gasteiger partial charge in [0.25, 0.3) is 0 Å². The van der Waals surface area contributed by atoms with Crippen molar-refractivity contribution in [3.8, 4) is 0 Å². The molecule has 4 heteroatoms. The first-order valence-corrected chi connectivity index (χ1v) is 5.71. The number of nitrogens with zero attached hydrogens (tertiary/aromatic N) is 1. The standard InChI is InChI=1S/C13H15NO3/c15-8-12(17)10-4-1-2-5-11(10)13(14-9-16)6-3-7-13/h1-2,4-5,12,15,17H,3,6-8H2. The van der Waals surface area contributed by atoms with Gasteiger partial charge in [0, 0.05) is 0 Å². The smallest absolute Gasteiger partial charge is 0.235 e. The Kier molecular flexibility index (Phi) is 3.38. The maximum atomic E-state index is 10.5. The lowest BCUT2D eigenvalue weighted by molar-refractivity contribution is 0.0923. The minimum absolute atomic E-state index is 0.335. The molecule has 2 N–H and O–H groups in total. The molecule has 1 saturated carbocycles. The number of isocyanates is 1. The number of rotatable bonds is 4. The van der Waals surface area contributed by atoms with Gasteiger partial charge in [-0.2, -0.15) is 4.99 Å². The summed E-state index contributed by atoms with van der Waals surface area (Å²) >= 11 is 0. The van der Waals surface area contributed by atoms with Gasteiger partial charge in [0.05, 0.1) is 12.1 Å². The van der Waals surface area contributed by atoms with Crippen molar-refractivity contribution in [2.24, 2.45) is 4.99 Å². The van der Waals surface area contributed by atoms with Crippen LogP contribution in [-0.2, 0) is 10.3 Å². The lowest BCUT2D eigenvalue weighted by Gasteiger charge is -2.38. The lowest BCUT2D eigenvalue weighted by Crippen LogP contribution is -2.33. The van der Waals surface area contributed by atoms with Crippen LogP contribution in [0.3, 0.4) is 0 Å². The summed E-state index contributed by atoms with van der Waals surface area (Å²) in [6.45, 7) is -0.335. The van der Waals surface area contributed by atoms with Crippen molar-refractivity contribution >= 4 is 6.08 Å². The van der Waals surface area contributed by atoms with Crippen molar-refractivity contribution in [1.82, 2.24) is 0 Å². The Hall–Kier alpha value is -1.48. The van der Waals surface area contributed by atoms with Gasteiger partial charge in [0.2, 0.25) is 6.08 Å². The van der Waals surface area contributed by atoms with Gasteiger partial charge in [-0.3, -0.25) is 0 Å². The molecule has 0 saturated heterocycles. The molecule has 0 spiro atoms. The highest BCUT2D eigenvalue weighted by atomic mass is 16.3. The summed E-state index contributed by atoms with van der Waals surface area (Å²) in [5, 5.41) is 18.8. The Balaban J connectivity index is 2.47. The van der Waals surface area contributed by atoms with Crippen LogP contribution in [-0.4, -0.2) is 22.9 Å². The van der Waals surface area contributed by atoms with Gasteiger partial charge in [-0.15, -0.1) is 0 Å². The molecule has 1 aliphatic carbocycles. The van der Waals surface area contributed by atoms with Crippen molar-refractivity contribution in [2.45, 2.75) is 30.9 Å². The fourth-order valence-corrected chi connectivity index (χ4v) is 2.35. The molecule has 1 unspecified atom stereocenters. The third-order valence-corrected chi connectivity index (χ3v) is 3.43. The number of benzene rings is 1. The molecule has 1 atom stereocenters. The van der Waals surface area contributed by atoms with E-state index >= 15 is 0 Å². The maximum absolute atomic E-state index is 10.5. The number of aliphatic imine (C=N–C) groups is 1. The molecule has 90 valence electrons. The topological polar surface area (TPSA) is 69.9 Å². The Morgan fingerprint density at radius 3 is 2.65 bits per heavy atom. The number of carbonyl (C=O) groups excluding carboxylic acids is 1. The average Bonchev–Trinajstić information content (AvgIpc) is 2.33. The molecule has 1 aromatic carbocycles. The largest absolute Gasteiger partial charge is 0.393 e. The van der Waals surface area contributed by atoms with Crippen molar-refractivity contribution < 1.29 is 15.0 Å². The second-order valence-corrected chi connectivity index (χ2v) is 4.37. The van der Waals surface area contributed by atoms with Crippen LogP contribution in [0.25, 0.3) is 0 Å². The first-order chi connectivity index (χ1) is 8.23.